The van der Waals surface area contributed by atoms with E-state index in [9.17, 15) is 18.0 Å². The average molecular weight is 331 g/mol. The Hall–Kier alpha value is -2.96. The summed E-state index contributed by atoms with van der Waals surface area (Å²) in [6.07, 6.45) is -3.22. The molecule has 0 aliphatic carbocycles. The highest BCUT2D eigenvalue weighted by molar-refractivity contribution is 5.80. The fraction of sp³-hybridized carbons (Fsp3) is 0.118. The number of rotatable bonds is 2. The normalized spacial score (nSPS) is 12.2. The van der Waals surface area contributed by atoms with Crippen LogP contribution in [0.1, 0.15) is 17.0 Å². The molecule has 1 heterocycles. The third kappa shape index (κ3) is 3.05. The molecule has 2 aromatic carbocycles. The lowest BCUT2D eigenvalue weighted by Gasteiger charge is -2.07. The van der Waals surface area contributed by atoms with Crippen LogP contribution in [0.25, 0.3) is 10.9 Å². The van der Waals surface area contributed by atoms with Gasteiger partial charge in [-0.05, 0) is 36.8 Å². The number of halogens is 3. The zero-order valence-electron chi connectivity index (χ0n) is 12.6. The van der Waals surface area contributed by atoms with E-state index in [2.05, 4.69) is 10.1 Å². The Balaban J connectivity index is 2.04. The van der Waals surface area contributed by atoms with Crippen molar-refractivity contribution in [3.63, 3.8) is 0 Å². The summed E-state index contributed by atoms with van der Waals surface area (Å²) in [5.74, 6) is 0.349. The van der Waals surface area contributed by atoms with Crippen LogP contribution in [0.2, 0.25) is 0 Å². The average Bonchev–Trinajstić information content (AvgIpc) is 2.54. The van der Waals surface area contributed by atoms with E-state index in [0.717, 1.165) is 16.8 Å². The maximum atomic E-state index is 12.7. The predicted molar refractivity (Wildman–Crippen MR) is 85.2 cm³/mol. The number of hydrogen-bond donors (Lipinski definition) is 0. The topological polar surface area (TPSA) is 47.2 Å². The molecule has 0 aliphatic heterocycles. The second kappa shape index (κ2) is 5.92. The zero-order chi connectivity index (χ0) is 17.3. The summed E-state index contributed by atoms with van der Waals surface area (Å²) in [5.41, 5.74) is -0.358. The summed E-state index contributed by atoms with van der Waals surface area (Å²) in [4.78, 5) is 16.7. The monoisotopic (exact) mass is 331 g/mol. The second-order valence-electron chi connectivity index (χ2n) is 5.16. The molecule has 122 valence electrons. The lowest BCUT2D eigenvalue weighted by molar-refractivity contribution is -0.137. The molecule has 0 saturated heterocycles. The molecule has 4 nitrogen and oxygen atoms in total. The molecular formula is C17H12F3N3O. The standard InChI is InChI=1S/C17H12F3N3O/c1-11-22-15-8-3-2-7-14(15)16(24)23(11)21-10-12-5-4-6-13(9-12)17(18,19)20/h2-10H,1H3/b21-10-. The van der Waals surface area contributed by atoms with Crippen molar-refractivity contribution in [2.24, 2.45) is 5.10 Å². The molecule has 3 rings (SSSR count). The van der Waals surface area contributed by atoms with Crippen LogP contribution in [0.5, 0.6) is 0 Å². The number of nitrogens with zero attached hydrogens (tertiary/aromatic N) is 3. The van der Waals surface area contributed by atoms with Gasteiger partial charge in [0.1, 0.15) is 5.82 Å². The van der Waals surface area contributed by atoms with Crippen LogP contribution in [0.4, 0.5) is 13.2 Å². The van der Waals surface area contributed by atoms with E-state index in [1.165, 1.54) is 18.3 Å². The fourth-order valence-corrected chi connectivity index (χ4v) is 2.29. The summed E-state index contributed by atoms with van der Waals surface area (Å²) in [5, 5.41) is 4.39. The summed E-state index contributed by atoms with van der Waals surface area (Å²) < 4.78 is 39.2. The predicted octanol–water partition coefficient (Wildman–Crippen LogP) is 3.61. The molecule has 0 bridgehead atoms. The van der Waals surface area contributed by atoms with Crippen molar-refractivity contribution in [3.8, 4) is 0 Å². The van der Waals surface area contributed by atoms with Crippen molar-refractivity contribution in [3.05, 3.63) is 75.8 Å². The maximum absolute atomic E-state index is 12.7. The Morgan fingerprint density at radius 1 is 1.12 bits per heavy atom. The Morgan fingerprint density at radius 3 is 2.62 bits per heavy atom. The number of hydrogen-bond acceptors (Lipinski definition) is 3. The molecule has 0 N–H and O–H groups in total. The van der Waals surface area contributed by atoms with Gasteiger partial charge in [-0.15, -0.1) is 0 Å². The molecule has 3 aromatic rings. The molecule has 1 aromatic heterocycles. The number of fused-ring (bicyclic) bond motifs is 1. The molecule has 0 radical (unpaired) electrons. The second-order valence-corrected chi connectivity index (χ2v) is 5.16. The SMILES string of the molecule is Cc1nc2ccccc2c(=O)n1/N=C\c1cccc(C(F)(F)F)c1. The molecule has 0 atom stereocenters. The summed E-state index contributed by atoms with van der Waals surface area (Å²) in [7, 11) is 0. The highest BCUT2D eigenvalue weighted by Gasteiger charge is 2.30. The van der Waals surface area contributed by atoms with Crippen LogP contribution >= 0.6 is 0 Å². The van der Waals surface area contributed by atoms with Crippen molar-refractivity contribution >= 4 is 17.1 Å². The van der Waals surface area contributed by atoms with E-state index in [1.807, 2.05) is 0 Å². The molecule has 7 heteroatoms. The van der Waals surface area contributed by atoms with Crippen LogP contribution in [-0.4, -0.2) is 15.9 Å². The van der Waals surface area contributed by atoms with E-state index < -0.39 is 11.7 Å². The molecule has 0 fully saturated rings. The van der Waals surface area contributed by atoms with Crippen molar-refractivity contribution in [2.75, 3.05) is 0 Å². The van der Waals surface area contributed by atoms with Gasteiger partial charge in [0, 0.05) is 0 Å². The number of benzene rings is 2. The summed E-state index contributed by atoms with van der Waals surface area (Å²) >= 11 is 0. The van der Waals surface area contributed by atoms with Crippen LogP contribution < -0.4 is 5.56 Å². The van der Waals surface area contributed by atoms with Crippen LogP contribution in [0.3, 0.4) is 0 Å². The minimum Gasteiger partial charge on any atom is -0.267 e. The van der Waals surface area contributed by atoms with Gasteiger partial charge in [0.05, 0.1) is 22.7 Å². The number of alkyl halides is 3. The lowest BCUT2D eigenvalue weighted by atomic mass is 10.1. The number of para-hydroxylation sites is 1. The van der Waals surface area contributed by atoms with Crippen molar-refractivity contribution in [1.82, 2.24) is 9.66 Å². The Kier molecular flexibility index (Phi) is 3.92. The minimum atomic E-state index is -4.43. The van der Waals surface area contributed by atoms with Gasteiger partial charge in [-0.1, -0.05) is 24.3 Å². The van der Waals surface area contributed by atoms with Crippen molar-refractivity contribution < 1.29 is 13.2 Å². The largest absolute Gasteiger partial charge is 0.416 e. The van der Waals surface area contributed by atoms with E-state index in [-0.39, 0.29) is 11.1 Å². The first-order valence-corrected chi connectivity index (χ1v) is 7.06. The minimum absolute atomic E-state index is 0.240. The summed E-state index contributed by atoms with van der Waals surface area (Å²) in [6.45, 7) is 1.61. The summed E-state index contributed by atoms with van der Waals surface area (Å²) in [6, 6.07) is 11.5. The highest BCUT2D eigenvalue weighted by atomic mass is 19.4. The van der Waals surface area contributed by atoms with Gasteiger partial charge in [0.25, 0.3) is 5.56 Å². The molecule has 0 amide bonds. The third-order valence-corrected chi connectivity index (χ3v) is 3.45. The van der Waals surface area contributed by atoms with E-state index in [1.54, 1.807) is 31.2 Å². The van der Waals surface area contributed by atoms with Gasteiger partial charge < -0.3 is 0 Å². The zero-order valence-corrected chi connectivity index (χ0v) is 12.6. The first-order valence-electron chi connectivity index (χ1n) is 7.06. The van der Waals surface area contributed by atoms with Crippen LogP contribution in [0, 0.1) is 6.92 Å². The smallest absolute Gasteiger partial charge is 0.267 e. The highest BCUT2D eigenvalue weighted by Crippen LogP contribution is 2.29. The Labute approximate surface area is 134 Å². The number of aryl methyl sites for hydroxylation is 1. The molecular weight excluding hydrogens is 319 g/mol. The molecule has 0 unspecified atom stereocenters. The van der Waals surface area contributed by atoms with E-state index >= 15 is 0 Å². The van der Waals surface area contributed by atoms with Gasteiger partial charge in [-0.25, -0.2) is 4.98 Å². The van der Waals surface area contributed by atoms with Gasteiger partial charge >= 0.3 is 6.18 Å². The maximum Gasteiger partial charge on any atom is 0.416 e. The third-order valence-electron chi connectivity index (χ3n) is 3.45. The lowest BCUT2D eigenvalue weighted by Crippen LogP contribution is -2.20. The van der Waals surface area contributed by atoms with Crippen molar-refractivity contribution in [1.29, 1.82) is 0 Å². The molecule has 0 spiro atoms. The van der Waals surface area contributed by atoms with Crippen molar-refractivity contribution in [2.45, 2.75) is 13.1 Å². The van der Waals surface area contributed by atoms with Crippen LogP contribution in [-0.2, 0) is 6.18 Å². The Morgan fingerprint density at radius 2 is 1.88 bits per heavy atom. The van der Waals surface area contributed by atoms with Gasteiger partial charge in [-0.2, -0.15) is 22.9 Å². The number of aromatic nitrogens is 2. The molecule has 24 heavy (non-hydrogen) atoms. The first kappa shape index (κ1) is 15.9. The fourth-order valence-electron chi connectivity index (χ4n) is 2.29. The van der Waals surface area contributed by atoms with E-state index in [0.29, 0.717) is 16.7 Å². The molecule has 0 aliphatic rings. The Bertz CT molecular complexity index is 990. The van der Waals surface area contributed by atoms with Gasteiger partial charge in [-0.3, -0.25) is 4.79 Å². The van der Waals surface area contributed by atoms with Gasteiger partial charge in [0.15, 0.2) is 0 Å². The van der Waals surface area contributed by atoms with E-state index in [4.69, 9.17) is 0 Å². The first-order chi connectivity index (χ1) is 11.4. The quantitative estimate of drug-likeness (QED) is 0.674. The van der Waals surface area contributed by atoms with Gasteiger partial charge in [0.2, 0.25) is 0 Å². The van der Waals surface area contributed by atoms with Crippen LogP contribution in [0.15, 0.2) is 58.4 Å². The molecule has 0 saturated carbocycles.